The highest BCUT2D eigenvalue weighted by atomic mass is 16.2. The maximum Gasteiger partial charge on any atom is 0.282 e. The van der Waals surface area contributed by atoms with E-state index in [1.165, 1.54) is 0 Å². The van der Waals surface area contributed by atoms with Crippen molar-refractivity contribution >= 4 is 22.6 Å². The number of aromatic nitrogens is 4. The van der Waals surface area contributed by atoms with Gasteiger partial charge >= 0.3 is 0 Å². The summed E-state index contributed by atoms with van der Waals surface area (Å²) < 4.78 is 3.48. The van der Waals surface area contributed by atoms with E-state index in [2.05, 4.69) is 9.97 Å². The number of rotatable bonds is 2. The lowest BCUT2D eigenvalue weighted by atomic mass is 10.2. The van der Waals surface area contributed by atoms with Crippen LogP contribution in [-0.2, 0) is 6.42 Å². The molecule has 23 heavy (non-hydrogen) atoms. The second-order valence-corrected chi connectivity index (χ2v) is 5.60. The van der Waals surface area contributed by atoms with Crippen LogP contribution in [0.2, 0.25) is 0 Å². The predicted octanol–water partition coefficient (Wildman–Crippen LogP) is 3.24. The molecule has 4 aromatic rings. The number of para-hydroxylation sites is 2. The highest BCUT2D eigenvalue weighted by Crippen LogP contribution is 2.19. The largest absolute Gasteiger partial charge is 0.295 e. The van der Waals surface area contributed by atoms with E-state index in [9.17, 15) is 4.79 Å². The second-order valence-electron chi connectivity index (χ2n) is 5.60. The van der Waals surface area contributed by atoms with Gasteiger partial charge in [-0.2, -0.15) is 0 Å². The van der Waals surface area contributed by atoms with Crippen molar-refractivity contribution in [1.29, 1.82) is 0 Å². The molecule has 3 heterocycles. The average Bonchev–Trinajstić information content (AvgIpc) is 3.15. The molecule has 0 amide bonds. The molecule has 4 rings (SSSR count). The first-order valence-electron chi connectivity index (χ1n) is 7.63. The lowest BCUT2D eigenvalue weighted by Gasteiger charge is -2.06. The van der Waals surface area contributed by atoms with Crippen LogP contribution in [0.3, 0.4) is 0 Å². The summed E-state index contributed by atoms with van der Waals surface area (Å²) in [6.07, 6.45) is 4.24. The maximum absolute atomic E-state index is 13.1. The van der Waals surface area contributed by atoms with Gasteiger partial charge in [0, 0.05) is 6.20 Å². The summed E-state index contributed by atoms with van der Waals surface area (Å²) in [5, 5.41) is 0. The fraction of sp³-hybridized carbons (Fsp3) is 0.167. The summed E-state index contributed by atoms with van der Waals surface area (Å²) in [5.74, 6) is -0.103. The van der Waals surface area contributed by atoms with Gasteiger partial charge in [0.15, 0.2) is 0 Å². The molecule has 0 aliphatic heterocycles. The van der Waals surface area contributed by atoms with E-state index in [-0.39, 0.29) is 5.91 Å². The van der Waals surface area contributed by atoms with Gasteiger partial charge in [-0.05, 0) is 37.1 Å². The molecule has 0 radical (unpaired) electrons. The van der Waals surface area contributed by atoms with E-state index in [0.29, 0.717) is 12.1 Å². The van der Waals surface area contributed by atoms with Crippen LogP contribution in [0.4, 0.5) is 0 Å². The number of hydrogen-bond donors (Lipinski definition) is 0. The number of carbonyl (C=O) groups excluding carboxylic acids is 1. The van der Waals surface area contributed by atoms with Gasteiger partial charge in [-0.15, -0.1) is 0 Å². The first-order valence-corrected chi connectivity index (χ1v) is 7.63. The smallest absolute Gasteiger partial charge is 0.282 e. The monoisotopic (exact) mass is 304 g/mol. The van der Waals surface area contributed by atoms with Gasteiger partial charge in [-0.3, -0.25) is 13.8 Å². The summed E-state index contributed by atoms with van der Waals surface area (Å²) in [4.78, 5) is 22.1. The van der Waals surface area contributed by atoms with Gasteiger partial charge in [0.05, 0.1) is 16.7 Å². The first-order chi connectivity index (χ1) is 11.2. The Morgan fingerprint density at radius 1 is 1.17 bits per heavy atom. The Kier molecular flexibility index (Phi) is 3.01. The molecule has 0 atom stereocenters. The number of carbonyl (C=O) groups is 1. The molecule has 0 bridgehead atoms. The van der Waals surface area contributed by atoms with Gasteiger partial charge < -0.3 is 0 Å². The summed E-state index contributed by atoms with van der Waals surface area (Å²) >= 11 is 0. The Bertz CT molecular complexity index is 1040. The highest BCUT2D eigenvalue weighted by Gasteiger charge is 2.21. The number of aryl methyl sites for hydroxylation is 2. The molecule has 0 N–H and O–H groups in total. The van der Waals surface area contributed by atoms with E-state index < -0.39 is 0 Å². The predicted molar refractivity (Wildman–Crippen MR) is 88.8 cm³/mol. The molecule has 0 saturated carbocycles. The molecular formula is C18H16N4O. The molecule has 5 nitrogen and oxygen atoms in total. The molecule has 1 aromatic carbocycles. The number of benzene rings is 1. The van der Waals surface area contributed by atoms with Crippen LogP contribution in [0.25, 0.3) is 16.7 Å². The molecule has 3 aromatic heterocycles. The minimum atomic E-state index is -0.103. The molecule has 5 heteroatoms. The first kappa shape index (κ1) is 13.7. The number of imidazole rings is 2. The van der Waals surface area contributed by atoms with Crippen molar-refractivity contribution in [3.05, 3.63) is 65.9 Å². The van der Waals surface area contributed by atoms with Crippen molar-refractivity contribution in [2.45, 2.75) is 20.3 Å². The van der Waals surface area contributed by atoms with Crippen molar-refractivity contribution in [2.24, 2.45) is 0 Å². The number of fused-ring (bicyclic) bond motifs is 2. The van der Waals surface area contributed by atoms with Gasteiger partial charge in [0.25, 0.3) is 5.91 Å². The van der Waals surface area contributed by atoms with E-state index in [1.54, 1.807) is 10.9 Å². The molecule has 0 aliphatic carbocycles. The van der Waals surface area contributed by atoms with Crippen LogP contribution in [0.5, 0.6) is 0 Å². The topological polar surface area (TPSA) is 52.2 Å². The van der Waals surface area contributed by atoms with Gasteiger partial charge in [-0.25, -0.2) is 9.97 Å². The van der Waals surface area contributed by atoms with Crippen LogP contribution < -0.4 is 0 Å². The molecule has 114 valence electrons. The zero-order valence-corrected chi connectivity index (χ0v) is 13.0. The van der Waals surface area contributed by atoms with Crippen LogP contribution in [0.1, 0.15) is 28.7 Å². The molecule has 0 saturated heterocycles. The summed E-state index contributed by atoms with van der Waals surface area (Å²) in [7, 11) is 0. The molecule has 0 fully saturated rings. The van der Waals surface area contributed by atoms with Gasteiger partial charge in [0.1, 0.15) is 17.7 Å². The quantitative estimate of drug-likeness (QED) is 0.571. The fourth-order valence-electron chi connectivity index (χ4n) is 2.91. The van der Waals surface area contributed by atoms with E-state index >= 15 is 0 Å². The minimum absolute atomic E-state index is 0.103. The van der Waals surface area contributed by atoms with Crippen LogP contribution in [0, 0.1) is 6.92 Å². The molecule has 0 unspecified atom stereocenters. The zero-order valence-electron chi connectivity index (χ0n) is 13.0. The summed E-state index contributed by atoms with van der Waals surface area (Å²) in [6, 6.07) is 11.6. The van der Waals surface area contributed by atoms with Crippen molar-refractivity contribution in [3.8, 4) is 0 Å². The Balaban J connectivity index is 1.97. The normalized spacial score (nSPS) is 11.4. The third-order valence-corrected chi connectivity index (χ3v) is 4.05. The summed E-state index contributed by atoms with van der Waals surface area (Å²) in [5.41, 5.74) is 4.90. The number of hydrogen-bond acceptors (Lipinski definition) is 3. The van der Waals surface area contributed by atoms with Crippen molar-refractivity contribution in [2.75, 3.05) is 0 Å². The lowest BCUT2D eigenvalue weighted by Crippen LogP contribution is -2.15. The van der Waals surface area contributed by atoms with Crippen molar-refractivity contribution in [1.82, 2.24) is 18.9 Å². The maximum atomic E-state index is 13.1. The van der Waals surface area contributed by atoms with Crippen molar-refractivity contribution < 1.29 is 4.79 Å². The standard InChI is InChI=1S/C18H16N4O/c1-3-13-17(21-10-12(2)8-9-16(21)20-13)18(23)22-11-19-14-6-4-5-7-15(14)22/h4-11H,3H2,1-2H3. The van der Waals surface area contributed by atoms with E-state index in [1.807, 2.05) is 60.8 Å². The minimum Gasteiger partial charge on any atom is -0.295 e. The molecule has 0 aliphatic rings. The summed E-state index contributed by atoms with van der Waals surface area (Å²) in [6.45, 7) is 4.02. The Morgan fingerprint density at radius 2 is 2.00 bits per heavy atom. The zero-order chi connectivity index (χ0) is 16.0. The Morgan fingerprint density at radius 3 is 2.83 bits per heavy atom. The second kappa shape index (κ2) is 5.05. The van der Waals surface area contributed by atoms with Crippen LogP contribution in [-0.4, -0.2) is 24.8 Å². The van der Waals surface area contributed by atoms with E-state index in [0.717, 1.165) is 27.9 Å². The average molecular weight is 304 g/mol. The third-order valence-electron chi connectivity index (χ3n) is 4.05. The number of nitrogens with zero attached hydrogens (tertiary/aromatic N) is 4. The highest BCUT2D eigenvalue weighted by molar-refractivity contribution is 6.01. The molecular weight excluding hydrogens is 288 g/mol. The molecule has 0 spiro atoms. The van der Waals surface area contributed by atoms with Crippen LogP contribution in [0.15, 0.2) is 48.9 Å². The SMILES string of the molecule is CCc1nc2ccc(C)cn2c1C(=O)n1cnc2ccccc21. The van der Waals surface area contributed by atoms with Gasteiger partial charge in [0.2, 0.25) is 0 Å². The van der Waals surface area contributed by atoms with Gasteiger partial charge in [-0.1, -0.05) is 25.1 Å². The van der Waals surface area contributed by atoms with Crippen LogP contribution >= 0.6 is 0 Å². The number of pyridine rings is 1. The van der Waals surface area contributed by atoms with E-state index in [4.69, 9.17) is 0 Å². The fourth-order valence-corrected chi connectivity index (χ4v) is 2.91. The lowest BCUT2D eigenvalue weighted by molar-refractivity contribution is 0.0957. The Hall–Kier alpha value is -2.95. The third kappa shape index (κ3) is 2.04. The Labute approximate surface area is 133 Å². The van der Waals surface area contributed by atoms with Crippen molar-refractivity contribution in [3.63, 3.8) is 0 Å².